The zero-order chi connectivity index (χ0) is 9.90. The van der Waals surface area contributed by atoms with Crippen LogP contribution in [-0.2, 0) is 9.84 Å². The molecule has 7 heteroatoms. The van der Waals surface area contributed by atoms with E-state index in [1.54, 1.807) is 0 Å². The molecule has 0 aromatic rings. The summed E-state index contributed by atoms with van der Waals surface area (Å²) in [5.74, 6) is -3.76. The monoisotopic (exact) mass is 249 g/mol. The fourth-order valence-electron chi connectivity index (χ4n) is 1.47. The van der Waals surface area contributed by atoms with Crippen LogP contribution in [0.2, 0.25) is 0 Å². The molecule has 0 aliphatic carbocycles. The molecule has 0 aromatic carbocycles. The number of rotatable bonds is 3. The van der Waals surface area contributed by atoms with Gasteiger partial charge >= 0.3 is 5.76 Å². The van der Waals surface area contributed by atoms with Crippen molar-refractivity contribution in [2.24, 2.45) is 5.92 Å². The molecule has 1 rings (SSSR count). The molecular formula is C7H14ClF2NO2S. The Morgan fingerprint density at radius 3 is 2.50 bits per heavy atom. The highest BCUT2D eigenvalue weighted by Crippen LogP contribution is 2.16. The van der Waals surface area contributed by atoms with Crippen molar-refractivity contribution >= 4 is 22.2 Å². The van der Waals surface area contributed by atoms with Crippen LogP contribution in [0.25, 0.3) is 0 Å². The topological polar surface area (TPSA) is 46.2 Å². The summed E-state index contributed by atoms with van der Waals surface area (Å²) in [7, 11) is -4.17. The largest absolute Gasteiger partial charge is 0.336 e. The third-order valence-electron chi connectivity index (χ3n) is 2.14. The normalized spacial score (nSPS) is 23.2. The van der Waals surface area contributed by atoms with Gasteiger partial charge in [0.25, 0.3) is 0 Å². The molecule has 3 nitrogen and oxygen atoms in total. The number of nitrogens with one attached hydrogen (secondary N) is 1. The van der Waals surface area contributed by atoms with Gasteiger partial charge in [-0.05, 0) is 31.8 Å². The molecule has 0 aromatic heterocycles. The highest BCUT2D eigenvalue weighted by molar-refractivity contribution is 7.91. The maximum atomic E-state index is 12.0. The lowest BCUT2D eigenvalue weighted by Crippen LogP contribution is -2.35. The Morgan fingerprint density at radius 1 is 1.43 bits per heavy atom. The van der Waals surface area contributed by atoms with Gasteiger partial charge in [0.1, 0.15) is 0 Å². The number of alkyl halides is 2. The van der Waals surface area contributed by atoms with Gasteiger partial charge in [0.05, 0.1) is 5.75 Å². The predicted molar refractivity (Wildman–Crippen MR) is 52.6 cm³/mol. The summed E-state index contributed by atoms with van der Waals surface area (Å²) < 4.78 is 45.6. The fraction of sp³-hybridized carbons (Fsp3) is 1.00. The molecule has 1 atom stereocenters. The number of piperidine rings is 1. The van der Waals surface area contributed by atoms with E-state index in [1.165, 1.54) is 0 Å². The lowest BCUT2D eigenvalue weighted by molar-refractivity contribution is 0.233. The van der Waals surface area contributed by atoms with Crippen molar-refractivity contribution in [1.82, 2.24) is 5.32 Å². The van der Waals surface area contributed by atoms with Crippen LogP contribution in [0.15, 0.2) is 0 Å². The Kier molecular flexibility index (Phi) is 5.85. The van der Waals surface area contributed by atoms with Gasteiger partial charge < -0.3 is 5.32 Å². The van der Waals surface area contributed by atoms with E-state index in [0.717, 1.165) is 19.4 Å². The van der Waals surface area contributed by atoms with Crippen molar-refractivity contribution in [2.75, 3.05) is 18.8 Å². The Hall–Kier alpha value is 0.0600. The van der Waals surface area contributed by atoms with Gasteiger partial charge in [-0.1, -0.05) is 0 Å². The second-order valence-corrected chi connectivity index (χ2v) is 5.32. The van der Waals surface area contributed by atoms with E-state index in [2.05, 4.69) is 5.32 Å². The van der Waals surface area contributed by atoms with E-state index < -0.39 is 21.3 Å². The summed E-state index contributed by atoms with van der Waals surface area (Å²) in [5.41, 5.74) is 0. The van der Waals surface area contributed by atoms with Crippen LogP contribution in [0, 0.1) is 5.92 Å². The first-order chi connectivity index (χ1) is 6.02. The molecule has 0 amide bonds. The van der Waals surface area contributed by atoms with Crippen LogP contribution >= 0.6 is 12.4 Å². The molecule has 1 saturated heterocycles. The lowest BCUT2D eigenvalue weighted by Gasteiger charge is -2.22. The van der Waals surface area contributed by atoms with Crippen molar-refractivity contribution in [3.63, 3.8) is 0 Å². The van der Waals surface area contributed by atoms with Crippen LogP contribution < -0.4 is 5.32 Å². The smallest absolute Gasteiger partial charge is 0.316 e. The van der Waals surface area contributed by atoms with E-state index in [-0.39, 0.29) is 18.3 Å². The van der Waals surface area contributed by atoms with E-state index in [4.69, 9.17) is 0 Å². The Balaban J connectivity index is 0.00000169. The molecule has 0 saturated carbocycles. The van der Waals surface area contributed by atoms with Crippen molar-refractivity contribution in [2.45, 2.75) is 18.6 Å². The lowest BCUT2D eigenvalue weighted by atomic mass is 10.0. The van der Waals surface area contributed by atoms with Crippen LogP contribution in [0.4, 0.5) is 8.78 Å². The van der Waals surface area contributed by atoms with Gasteiger partial charge in [-0.2, -0.15) is 8.78 Å². The molecule has 1 N–H and O–H groups in total. The quantitative estimate of drug-likeness (QED) is 0.813. The minimum atomic E-state index is -4.17. The first kappa shape index (κ1) is 14.1. The number of sulfone groups is 1. The van der Waals surface area contributed by atoms with Gasteiger partial charge in [-0.3, -0.25) is 0 Å². The molecule has 1 aliphatic rings. The molecule has 1 heterocycles. The fourth-order valence-corrected chi connectivity index (χ4v) is 2.55. The second kappa shape index (κ2) is 5.82. The van der Waals surface area contributed by atoms with Gasteiger partial charge in [0.15, 0.2) is 0 Å². The van der Waals surface area contributed by atoms with Crippen LogP contribution in [0.5, 0.6) is 0 Å². The third-order valence-corrected chi connectivity index (χ3v) is 3.62. The second-order valence-electron chi connectivity index (χ2n) is 3.30. The zero-order valence-corrected chi connectivity index (χ0v) is 9.21. The van der Waals surface area contributed by atoms with E-state index in [0.29, 0.717) is 6.54 Å². The summed E-state index contributed by atoms with van der Waals surface area (Å²) >= 11 is 0. The third kappa shape index (κ3) is 4.06. The summed E-state index contributed by atoms with van der Waals surface area (Å²) in [6, 6.07) is 0. The highest BCUT2D eigenvalue weighted by Gasteiger charge is 2.28. The van der Waals surface area contributed by atoms with Crippen LogP contribution in [0.3, 0.4) is 0 Å². The average Bonchev–Trinajstić information content (AvgIpc) is 2.05. The molecule has 1 fully saturated rings. The van der Waals surface area contributed by atoms with Crippen molar-refractivity contribution in [3.05, 3.63) is 0 Å². The minimum Gasteiger partial charge on any atom is -0.316 e. The molecule has 1 aliphatic heterocycles. The number of hydrogen-bond donors (Lipinski definition) is 1. The van der Waals surface area contributed by atoms with Crippen molar-refractivity contribution < 1.29 is 17.2 Å². The first-order valence-electron chi connectivity index (χ1n) is 4.23. The minimum absolute atomic E-state index is 0. The maximum absolute atomic E-state index is 12.0. The molecule has 0 spiro atoms. The molecule has 14 heavy (non-hydrogen) atoms. The summed E-state index contributed by atoms with van der Waals surface area (Å²) in [6.45, 7) is 1.39. The van der Waals surface area contributed by atoms with Crippen molar-refractivity contribution in [1.29, 1.82) is 0 Å². The summed E-state index contributed by atoms with van der Waals surface area (Å²) in [4.78, 5) is 0. The van der Waals surface area contributed by atoms with Gasteiger partial charge in [0.2, 0.25) is 9.84 Å². The predicted octanol–water partition coefficient (Wildman–Crippen LogP) is 1.05. The van der Waals surface area contributed by atoms with E-state index in [9.17, 15) is 17.2 Å². The Labute approximate surface area is 88.6 Å². The number of halogens is 3. The standard InChI is InChI=1S/C7H13F2NO2S.ClH/c8-7(9)13(11,12)5-6-2-1-3-10-4-6;/h6-7,10H,1-5H2;1H. The molecule has 86 valence electrons. The first-order valence-corrected chi connectivity index (χ1v) is 5.94. The van der Waals surface area contributed by atoms with Gasteiger partial charge in [-0.15, -0.1) is 12.4 Å². The van der Waals surface area contributed by atoms with E-state index >= 15 is 0 Å². The zero-order valence-electron chi connectivity index (χ0n) is 7.58. The highest BCUT2D eigenvalue weighted by atomic mass is 35.5. The molecule has 0 bridgehead atoms. The Morgan fingerprint density at radius 2 is 2.07 bits per heavy atom. The van der Waals surface area contributed by atoms with Crippen molar-refractivity contribution in [3.8, 4) is 0 Å². The summed E-state index contributed by atoms with van der Waals surface area (Å²) in [6.07, 6.45) is 1.59. The molecule has 1 unspecified atom stereocenters. The SMILES string of the molecule is Cl.O=S(=O)(CC1CCCNC1)C(F)F. The molecular weight excluding hydrogens is 236 g/mol. The van der Waals surface area contributed by atoms with Crippen LogP contribution in [0.1, 0.15) is 12.8 Å². The van der Waals surface area contributed by atoms with E-state index in [1.807, 2.05) is 0 Å². The number of hydrogen-bond acceptors (Lipinski definition) is 3. The average molecular weight is 250 g/mol. The van der Waals surface area contributed by atoms with Crippen LogP contribution in [-0.4, -0.2) is 33.0 Å². The molecule has 0 radical (unpaired) electrons. The Bertz CT molecular complexity index is 252. The maximum Gasteiger partial charge on any atom is 0.336 e. The summed E-state index contributed by atoms with van der Waals surface area (Å²) in [5, 5.41) is 2.99. The van der Waals surface area contributed by atoms with Gasteiger partial charge in [-0.25, -0.2) is 8.42 Å². The van der Waals surface area contributed by atoms with Gasteiger partial charge in [0, 0.05) is 0 Å².